The molecule has 0 aliphatic heterocycles. The summed E-state index contributed by atoms with van der Waals surface area (Å²) in [5.74, 6) is -0.344. The number of rotatable bonds is 7. The molecule has 0 radical (unpaired) electrons. The van der Waals surface area contributed by atoms with Crippen LogP contribution < -0.4 is 9.46 Å². The number of nitrogens with one attached hydrogen (secondary N) is 1. The smallest absolute Gasteiger partial charge is 0.216 e. The van der Waals surface area contributed by atoms with Crippen molar-refractivity contribution in [3.05, 3.63) is 64.9 Å². The highest BCUT2D eigenvalue weighted by atomic mass is 35.5. The lowest BCUT2D eigenvalue weighted by molar-refractivity contribution is 0.323. The lowest BCUT2D eigenvalue weighted by Gasteiger charge is -2.09. The summed E-state index contributed by atoms with van der Waals surface area (Å²) < 4.78 is 44.9. The molecule has 0 saturated heterocycles. The standard InChI is InChI=1S/C15H15ClFNO3S/c16-13-5-7-14(8-6-13)21-10-9-18-22(19,20)11-12-3-1-2-4-15(12)17/h1-8,18H,9-11H2. The van der Waals surface area contributed by atoms with E-state index in [1.165, 1.54) is 18.2 Å². The highest BCUT2D eigenvalue weighted by Crippen LogP contribution is 2.15. The van der Waals surface area contributed by atoms with Crippen molar-refractivity contribution in [1.29, 1.82) is 0 Å². The largest absolute Gasteiger partial charge is 0.492 e. The van der Waals surface area contributed by atoms with Crippen LogP contribution in [0.5, 0.6) is 5.75 Å². The molecule has 4 nitrogen and oxygen atoms in total. The Bertz CT molecular complexity index is 720. The predicted molar refractivity (Wildman–Crippen MR) is 84.0 cm³/mol. The maximum atomic E-state index is 13.4. The molecule has 0 amide bonds. The number of sulfonamides is 1. The molecule has 0 spiro atoms. The summed E-state index contributed by atoms with van der Waals surface area (Å²) in [6, 6.07) is 12.5. The average Bonchev–Trinajstić information content (AvgIpc) is 2.48. The van der Waals surface area contributed by atoms with Crippen molar-refractivity contribution in [2.45, 2.75) is 5.75 Å². The van der Waals surface area contributed by atoms with Gasteiger partial charge in [0.15, 0.2) is 0 Å². The minimum atomic E-state index is -3.61. The Morgan fingerprint density at radius 3 is 2.45 bits per heavy atom. The third kappa shape index (κ3) is 5.29. The van der Waals surface area contributed by atoms with Crippen molar-refractivity contribution in [2.75, 3.05) is 13.2 Å². The van der Waals surface area contributed by atoms with Crippen LogP contribution in [0, 0.1) is 5.82 Å². The van der Waals surface area contributed by atoms with E-state index in [1.807, 2.05) is 0 Å². The van der Waals surface area contributed by atoms with Gasteiger partial charge in [0.25, 0.3) is 0 Å². The molecule has 0 fully saturated rings. The van der Waals surface area contributed by atoms with E-state index in [4.69, 9.17) is 16.3 Å². The maximum absolute atomic E-state index is 13.4. The quantitative estimate of drug-likeness (QED) is 0.786. The fraction of sp³-hybridized carbons (Fsp3) is 0.200. The molecule has 2 rings (SSSR count). The second kappa shape index (κ2) is 7.58. The topological polar surface area (TPSA) is 55.4 Å². The average molecular weight is 344 g/mol. The zero-order chi connectivity index (χ0) is 16.0. The molecule has 0 atom stereocenters. The Labute approximate surface area is 133 Å². The van der Waals surface area contributed by atoms with Gasteiger partial charge in [-0.1, -0.05) is 29.8 Å². The molecule has 22 heavy (non-hydrogen) atoms. The van der Waals surface area contributed by atoms with Crippen molar-refractivity contribution in [3.8, 4) is 5.75 Å². The summed E-state index contributed by atoms with van der Waals surface area (Å²) in [5, 5.41) is 0.595. The maximum Gasteiger partial charge on any atom is 0.216 e. The van der Waals surface area contributed by atoms with Gasteiger partial charge in [-0.05, 0) is 30.3 Å². The zero-order valence-electron chi connectivity index (χ0n) is 11.6. The first-order chi connectivity index (χ1) is 10.5. The van der Waals surface area contributed by atoms with Crippen LogP contribution in [0.4, 0.5) is 4.39 Å². The van der Waals surface area contributed by atoms with Crippen LogP contribution in [0.15, 0.2) is 48.5 Å². The molecule has 0 aromatic heterocycles. The van der Waals surface area contributed by atoms with E-state index in [0.29, 0.717) is 10.8 Å². The normalized spacial score (nSPS) is 11.4. The van der Waals surface area contributed by atoms with Crippen molar-refractivity contribution in [3.63, 3.8) is 0 Å². The molecule has 118 valence electrons. The Balaban J connectivity index is 1.80. The molecule has 0 aliphatic rings. The second-order valence-electron chi connectivity index (χ2n) is 4.55. The van der Waals surface area contributed by atoms with Gasteiger partial charge < -0.3 is 4.74 Å². The molecule has 0 heterocycles. The lowest BCUT2D eigenvalue weighted by Crippen LogP contribution is -2.29. The summed E-state index contributed by atoms with van der Waals surface area (Å²) in [6.45, 7) is 0.261. The van der Waals surface area contributed by atoms with Gasteiger partial charge in [-0.25, -0.2) is 17.5 Å². The summed E-state index contributed by atoms with van der Waals surface area (Å²) >= 11 is 5.74. The van der Waals surface area contributed by atoms with Gasteiger partial charge in [0.2, 0.25) is 10.0 Å². The Hall–Kier alpha value is -1.63. The summed E-state index contributed by atoms with van der Waals surface area (Å²) in [4.78, 5) is 0. The number of ether oxygens (including phenoxy) is 1. The summed E-state index contributed by atoms with van der Waals surface area (Å²) in [6.07, 6.45) is 0. The van der Waals surface area contributed by atoms with Gasteiger partial charge in [0.05, 0.1) is 5.75 Å². The molecule has 0 aliphatic carbocycles. The van der Waals surface area contributed by atoms with Crippen LogP contribution in [-0.2, 0) is 15.8 Å². The SMILES string of the molecule is O=S(=O)(Cc1ccccc1F)NCCOc1ccc(Cl)cc1. The van der Waals surface area contributed by atoms with Crippen molar-refractivity contribution in [1.82, 2.24) is 4.72 Å². The van der Waals surface area contributed by atoms with E-state index in [0.717, 1.165) is 0 Å². The predicted octanol–water partition coefficient (Wildman–Crippen LogP) is 2.98. The third-order valence-corrected chi connectivity index (χ3v) is 4.40. The van der Waals surface area contributed by atoms with Crippen molar-refractivity contribution in [2.24, 2.45) is 0 Å². The number of halogens is 2. The second-order valence-corrected chi connectivity index (χ2v) is 6.79. The van der Waals surface area contributed by atoms with Crippen LogP contribution in [0.25, 0.3) is 0 Å². The van der Waals surface area contributed by atoms with Gasteiger partial charge in [-0.2, -0.15) is 0 Å². The molecular formula is C15H15ClFNO3S. The summed E-state index contributed by atoms with van der Waals surface area (Å²) in [7, 11) is -3.61. The molecular weight excluding hydrogens is 329 g/mol. The molecule has 1 N–H and O–H groups in total. The van der Waals surface area contributed by atoms with E-state index in [-0.39, 0.29) is 18.7 Å². The fourth-order valence-electron chi connectivity index (χ4n) is 1.77. The lowest BCUT2D eigenvalue weighted by atomic mass is 10.2. The van der Waals surface area contributed by atoms with Crippen LogP contribution in [0.2, 0.25) is 5.02 Å². The first-order valence-corrected chi connectivity index (χ1v) is 8.58. The number of hydrogen-bond donors (Lipinski definition) is 1. The van der Waals surface area contributed by atoms with Crippen molar-refractivity contribution < 1.29 is 17.5 Å². The molecule has 2 aromatic carbocycles. The zero-order valence-corrected chi connectivity index (χ0v) is 13.2. The van der Waals surface area contributed by atoms with Gasteiger partial charge >= 0.3 is 0 Å². The van der Waals surface area contributed by atoms with E-state index in [9.17, 15) is 12.8 Å². The fourth-order valence-corrected chi connectivity index (χ4v) is 3.03. The van der Waals surface area contributed by atoms with Crippen LogP contribution >= 0.6 is 11.6 Å². The number of hydrogen-bond acceptors (Lipinski definition) is 3. The van der Waals surface area contributed by atoms with E-state index >= 15 is 0 Å². The van der Waals surface area contributed by atoms with E-state index in [2.05, 4.69) is 4.72 Å². The molecule has 2 aromatic rings. The third-order valence-electron chi connectivity index (χ3n) is 2.81. The number of benzene rings is 2. The Morgan fingerprint density at radius 1 is 1.09 bits per heavy atom. The Kier molecular flexibility index (Phi) is 5.76. The van der Waals surface area contributed by atoms with Gasteiger partial charge in [-0.3, -0.25) is 0 Å². The molecule has 0 bridgehead atoms. The highest BCUT2D eigenvalue weighted by molar-refractivity contribution is 7.88. The minimum Gasteiger partial charge on any atom is -0.492 e. The molecule has 7 heteroatoms. The van der Waals surface area contributed by atoms with E-state index < -0.39 is 21.6 Å². The highest BCUT2D eigenvalue weighted by Gasteiger charge is 2.13. The Morgan fingerprint density at radius 2 is 1.77 bits per heavy atom. The first kappa shape index (κ1) is 16.7. The monoisotopic (exact) mass is 343 g/mol. The van der Waals surface area contributed by atoms with Gasteiger partial charge in [-0.15, -0.1) is 0 Å². The first-order valence-electron chi connectivity index (χ1n) is 6.55. The van der Waals surface area contributed by atoms with Crippen LogP contribution in [0.1, 0.15) is 5.56 Å². The molecule has 0 unspecified atom stereocenters. The van der Waals surface area contributed by atoms with Crippen LogP contribution in [0.3, 0.4) is 0 Å². The molecule has 0 saturated carbocycles. The van der Waals surface area contributed by atoms with E-state index in [1.54, 1.807) is 30.3 Å². The van der Waals surface area contributed by atoms with Gasteiger partial charge in [0.1, 0.15) is 18.2 Å². The van der Waals surface area contributed by atoms with Crippen LogP contribution in [-0.4, -0.2) is 21.6 Å². The van der Waals surface area contributed by atoms with Gasteiger partial charge in [0, 0.05) is 17.1 Å². The van der Waals surface area contributed by atoms with Crippen molar-refractivity contribution >= 4 is 21.6 Å². The minimum absolute atomic E-state index is 0.0966. The summed E-state index contributed by atoms with van der Waals surface area (Å²) in [5.41, 5.74) is 0.133.